The van der Waals surface area contributed by atoms with Gasteiger partial charge in [0, 0.05) is 5.75 Å². The predicted octanol–water partition coefficient (Wildman–Crippen LogP) is 0.223. The monoisotopic (exact) mass is 158 g/mol. The first kappa shape index (κ1) is 7.40. The van der Waals surface area contributed by atoms with Crippen molar-refractivity contribution < 1.29 is 0 Å². The lowest BCUT2D eigenvalue weighted by molar-refractivity contribution is 0.667. The summed E-state index contributed by atoms with van der Waals surface area (Å²) in [7, 11) is 0. The highest BCUT2D eigenvalue weighted by Crippen LogP contribution is 1.94. The molecule has 1 heterocycles. The van der Waals surface area contributed by atoms with Crippen LogP contribution in [0.4, 0.5) is 5.95 Å². The lowest BCUT2D eigenvalue weighted by Crippen LogP contribution is -2.01. The standard InChI is InChI=1S/C5H10N4S/c1-10-3-2-9-4-7-5(6)8-9/h4H,2-3H2,1H3,(H2,6,8). The second kappa shape index (κ2) is 3.46. The van der Waals surface area contributed by atoms with Gasteiger partial charge in [0.25, 0.3) is 0 Å². The van der Waals surface area contributed by atoms with Crippen LogP contribution in [0.5, 0.6) is 0 Å². The molecule has 0 fully saturated rings. The molecule has 0 unspecified atom stereocenters. The number of rotatable bonds is 3. The Morgan fingerprint density at radius 1 is 1.80 bits per heavy atom. The van der Waals surface area contributed by atoms with Gasteiger partial charge < -0.3 is 5.73 Å². The quantitative estimate of drug-likeness (QED) is 0.684. The Morgan fingerprint density at radius 3 is 3.10 bits per heavy atom. The number of hydrogen-bond donors (Lipinski definition) is 1. The molecular formula is C5H10N4S. The summed E-state index contributed by atoms with van der Waals surface area (Å²) in [5, 5.41) is 3.92. The van der Waals surface area contributed by atoms with Gasteiger partial charge in [-0.3, -0.25) is 0 Å². The van der Waals surface area contributed by atoms with Gasteiger partial charge in [-0.2, -0.15) is 11.8 Å². The van der Waals surface area contributed by atoms with E-state index in [1.54, 1.807) is 22.8 Å². The Morgan fingerprint density at radius 2 is 2.60 bits per heavy atom. The molecule has 0 radical (unpaired) electrons. The highest BCUT2D eigenvalue weighted by atomic mass is 32.2. The van der Waals surface area contributed by atoms with E-state index in [9.17, 15) is 0 Å². The molecule has 56 valence electrons. The van der Waals surface area contributed by atoms with Crippen molar-refractivity contribution in [3.05, 3.63) is 6.33 Å². The van der Waals surface area contributed by atoms with Crippen LogP contribution in [0.15, 0.2) is 6.33 Å². The molecule has 0 bridgehead atoms. The average Bonchev–Trinajstić information content (AvgIpc) is 2.31. The maximum absolute atomic E-state index is 5.30. The molecule has 0 saturated heterocycles. The van der Waals surface area contributed by atoms with Crippen LogP contribution in [0, 0.1) is 0 Å². The molecule has 0 atom stereocenters. The molecule has 1 rings (SSSR count). The Bertz CT molecular complexity index is 197. The zero-order chi connectivity index (χ0) is 7.40. The summed E-state index contributed by atoms with van der Waals surface area (Å²) >= 11 is 1.78. The van der Waals surface area contributed by atoms with Crippen LogP contribution >= 0.6 is 11.8 Å². The summed E-state index contributed by atoms with van der Waals surface area (Å²) in [5.41, 5.74) is 5.30. The summed E-state index contributed by atoms with van der Waals surface area (Å²) in [6.07, 6.45) is 3.70. The molecular weight excluding hydrogens is 148 g/mol. The molecule has 0 saturated carbocycles. The van der Waals surface area contributed by atoms with Gasteiger partial charge in [0.2, 0.25) is 5.95 Å². The number of thioether (sulfide) groups is 1. The molecule has 0 spiro atoms. The minimum absolute atomic E-state index is 0.348. The zero-order valence-electron chi connectivity index (χ0n) is 5.82. The van der Waals surface area contributed by atoms with Crippen molar-refractivity contribution in [2.24, 2.45) is 0 Å². The highest BCUT2D eigenvalue weighted by molar-refractivity contribution is 7.98. The van der Waals surface area contributed by atoms with Crippen molar-refractivity contribution in [3.8, 4) is 0 Å². The van der Waals surface area contributed by atoms with Crippen molar-refractivity contribution >= 4 is 17.7 Å². The summed E-state index contributed by atoms with van der Waals surface area (Å²) in [6, 6.07) is 0. The molecule has 0 aliphatic carbocycles. The minimum atomic E-state index is 0.348. The highest BCUT2D eigenvalue weighted by Gasteiger charge is 1.92. The number of nitrogens with zero attached hydrogens (tertiary/aromatic N) is 3. The molecule has 5 heteroatoms. The fourth-order valence-corrected chi connectivity index (χ4v) is 0.971. The van der Waals surface area contributed by atoms with Crippen LogP contribution in [0.3, 0.4) is 0 Å². The van der Waals surface area contributed by atoms with Gasteiger partial charge in [-0.1, -0.05) is 0 Å². The normalized spacial score (nSPS) is 10.1. The van der Waals surface area contributed by atoms with E-state index in [0.717, 1.165) is 12.3 Å². The first-order valence-electron chi connectivity index (χ1n) is 2.97. The Hall–Kier alpha value is -0.710. The SMILES string of the molecule is CSCCn1cnc(N)n1. The predicted molar refractivity (Wildman–Crippen MR) is 42.8 cm³/mol. The summed E-state index contributed by atoms with van der Waals surface area (Å²) in [6.45, 7) is 0.880. The largest absolute Gasteiger partial charge is 0.367 e. The van der Waals surface area contributed by atoms with Gasteiger partial charge in [0.15, 0.2) is 0 Å². The van der Waals surface area contributed by atoms with Crippen molar-refractivity contribution in [1.29, 1.82) is 0 Å². The van der Waals surface area contributed by atoms with Crippen molar-refractivity contribution in [1.82, 2.24) is 14.8 Å². The fourth-order valence-electron chi connectivity index (χ4n) is 0.602. The van der Waals surface area contributed by atoms with Crippen LogP contribution in [-0.4, -0.2) is 26.8 Å². The number of nitrogen functional groups attached to an aromatic ring is 1. The molecule has 0 amide bonds. The summed E-state index contributed by atoms with van der Waals surface area (Å²) in [4.78, 5) is 3.79. The molecule has 0 aliphatic heterocycles. The van der Waals surface area contributed by atoms with Gasteiger partial charge in [-0.15, -0.1) is 5.10 Å². The second-order valence-electron chi connectivity index (χ2n) is 1.86. The van der Waals surface area contributed by atoms with E-state index < -0.39 is 0 Å². The van der Waals surface area contributed by atoms with Crippen molar-refractivity contribution in [2.75, 3.05) is 17.7 Å². The Kier molecular flexibility index (Phi) is 2.56. The van der Waals surface area contributed by atoms with Gasteiger partial charge in [0.1, 0.15) is 6.33 Å². The van der Waals surface area contributed by atoms with Gasteiger partial charge in [-0.25, -0.2) is 9.67 Å². The van der Waals surface area contributed by atoms with Crippen LogP contribution in [-0.2, 0) is 6.54 Å². The Balaban J connectivity index is 2.42. The number of anilines is 1. The molecule has 1 aromatic heterocycles. The van der Waals surface area contributed by atoms with Gasteiger partial charge >= 0.3 is 0 Å². The molecule has 0 aliphatic rings. The lowest BCUT2D eigenvalue weighted by atomic mass is 10.8. The first-order chi connectivity index (χ1) is 4.83. The number of nitrogens with two attached hydrogens (primary N) is 1. The topological polar surface area (TPSA) is 56.7 Å². The molecule has 2 N–H and O–H groups in total. The first-order valence-corrected chi connectivity index (χ1v) is 4.36. The molecule has 0 aromatic carbocycles. The number of aromatic nitrogens is 3. The number of hydrogen-bond acceptors (Lipinski definition) is 4. The van der Waals surface area contributed by atoms with Crippen molar-refractivity contribution in [2.45, 2.75) is 6.54 Å². The minimum Gasteiger partial charge on any atom is -0.367 e. The van der Waals surface area contributed by atoms with E-state index in [4.69, 9.17) is 5.73 Å². The van der Waals surface area contributed by atoms with E-state index in [0.29, 0.717) is 5.95 Å². The van der Waals surface area contributed by atoms with Crippen LogP contribution in [0.25, 0.3) is 0 Å². The third kappa shape index (κ3) is 1.91. The summed E-state index contributed by atoms with van der Waals surface area (Å²) < 4.78 is 1.74. The number of aryl methyl sites for hydroxylation is 1. The molecule has 10 heavy (non-hydrogen) atoms. The third-order valence-electron chi connectivity index (χ3n) is 1.08. The van der Waals surface area contributed by atoms with E-state index in [1.807, 2.05) is 0 Å². The average molecular weight is 158 g/mol. The van der Waals surface area contributed by atoms with E-state index in [2.05, 4.69) is 16.3 Å². The molecule has 4 nitrogen and oxygen atoms in total. The van der Waals surface area contributed by atoms with Crippen LogP contribution in [0.2, 0.25) is 0 Å². The Labute approximate surface area is 63.8 Å². The van der Waals surface area contributed by atoms with Gasteiger partial charge in [-0.05, 0) is 6.26 Å². The fraction of sp³-hybridized carbons (Fsp3) is 0.600. The van der Waals surface area contributed by atoms with E-state index in [1.165, 1.54) is 0 Å². The maximum Gasteiger partial charge on any atom is 0.239 e. The zero-order valence-corrected chi connectivity index (χ0v) is 6.64. The summed E-state index contributed by atoms with van der Waals surface area (Å²) in [5.74, 6) is 1.39. The van der Waals surface area contributed by atoms with E-state index in [-0.39, 0.29) is 0 Å². The molecule has 1 aromatic rings. The smallest absolute Gasteiger partial charge is 0.239 e. The van der Waals surface area contributed by atoms with Crippen molar-refractivity contribution in [3.63, 3.8) is 0 Å². The second-order valence-corrected chi connectivity index (χ2v) is 2.84. The lowest BCUT2D eigenvalue weighted by Gasteiger charge is -1.94. The van der Waals surface area contributed by atoms with Crippen LogP contribution in [0.1, 0.15) is 0 Å². The van der Waals surface area contributed by atoms with Gasteiger partial charge in [0.05, 0.1) is 6.54 Å². The third-order valence-corrected chi connectivity index (χ3v) is 1.67. The van der Waals surface area contributed by atoms with E-state index >= 15 is 0 Å². The van der Waals surface area contributed by atoms with Crippen LogP contribution < -0.4 is 5.73 Å². The maximum atomic E-state index is 5.30.